The normalized spacial score (nSPS) is 26.9. The van der Waals surface area contributed by atoms with E-state index in [9.17, 15) is 27.2 Å². The van der Waals surface area contributed by atoms with E-state index in [1.807, 2.05) is 0 Å². The lowest BCUT2D eigenvalue weighted by Crippen LogP contribution is -2.57. The number of nitrogens with zero attached hydrogens (tertiary/aromatic N) is 2. The molecular weight excluding hydrogens is 332 g/mol. The summed E-state index contributed by atoms with van der Waals surface area (Å²) in [5.74, 6) is -2.97. The number of esters is 1. The Kier molecular flexibility index (Phi) is 6.06. The Bertz CT molecular complexity index is 458. The number of hydrogen-bond acceptors (Lipinski definition) is 4. The molecule has 2 aliphatic rings. The molecule has 2 fully saturated rings. The number of carbonyl (C=O) groups is 2. The first-order valence-corrected chi connectivity index (χ1v) is 8.11. The van der Waals surface area contributed by atoms with Gasteiger partial charge < -0.3 is 4.74 Å². The number of hydrogen-bond donors (Lipinski definition) is 0. The van der Waals surface area contributed by atoms with Crippen LogP contribution in [0, 0.1) is 5.92 Å². The van der Waals surface area contributed by atoms with Gasteiger partial charge in [-0.05, 0) is 38.5 Å². The van der Waals surface area contributed by atoms with Crippen molar-refractivity contribution in [1.29, 1.82) is 0 Å². The second kappa shape index (κ2) is 7.67. The topological polar surface area (TPSA) is 49.9 Å². The highest BCUT2D eigenvalue weighted by Crippen LogP contribution is 2.33. The Labute approximate surface area is 137 Å². The summed E-state index contributed by atoms with van der Waals surface area (Å²) in [4.78, 5) is 24.9. The van der Waals surface area contributed by atoms with Crippen molar-refractivity contribution < 1.29 is 31.9 Å². The van der Waals surface area contributed by atoms with Gasteiger partial charge in [0, 0.05) is 19.1 Å². The fraction of sp³-hybridized carbons (Fsp3) is 0.867. The average Bonchev–Trinajstić information content (AvgIpc) is 3.08. The molecule has 1 heterocycles. The predicted octanol–water partition coefficient (Wildman–Crippen LogP) is 2.46. The van der Waals surface area contributed by atoms with Crippen LogP contribution >= 0.6 is 0 Å². The lowest BCUT2D eigenvalue weighted by molar-refractivity contribution is -0.203. The van der Waals surface area contributed by atoms with Gasteiger partial charge in [0.25, 0.3) is 0 Å². The van der Waals surface area contributed by atoms with E-state index in [1.165, 1.54) is 12.0 Å². The third-order valence-corrected chi connectivity index (χ3v) is 4.77. The molecule has 138 valence electrons. The minimum atomic E-state index is -5.12. The summed E-state index contributed by atoms with van der Waals surface area (Å²) in [5.41, 5.74) is 0. The molecule has 1 aliphatic carbocycles. The summed E-state index contributed by atoms with van der Waals surface area (Å²) >= 11 is 0. The van der Waals surface area contributed by atoms with Crippen molar-refractivity contribution in [2.75, 3.05) is 20.2 Å². The largest absolute Gasteiger partial charge is 0.471 e. The average molecular weight is 354 g/mol. The number of halogens is 4. The molecule has 1 atom stereocenters. The van der Waals surface area contributed by atoms with Gasteiger partial charge in [-0.25, -0.2) is 4.39 Å². The highest BCUT2D eigenvalue weighted by molar-refractivity contribution is 5.82. The Morgan fingerprint density at radius 1 is 1.12 bits per heavy atom. The molecule has 0 radical (unpaired) electrons. The predicted molar refractivity (Wildman–Crippen MR) is 76.4 cm³/mol. The minimum Gasteiger partial charge on any atom is -0.469 e. The minimum absolute atomic E-state index is 0.149. The molecule has 1 amide bonds. The molecule has 5 nitrogen and oxygen atoms in total. The van der Waals surface area contributed by atoms with Crippen LogP contribution in [0.2, 0.25) is 0 Å². The van der Waals surface area contributed by atoms with E-state index in [0.29, 0.717) is 30.8 Å². The molecule has 24 heavy (non-hydrogen) atoms. The summed E-state index contributed by atoms with van der Waals surface area (Å²) < 4.78 is 58.1. The van der Waals surface area contributed by atoms with Crippen LogP contribution in [0.4, 0.5) is 17.6 Å². The second-order valence-electron chi connectivity index (χ2n) is 6.29. The zero-order valence-corrected chi connectivity index (χ0v) is 13.5. The van der Waals surface area contributed by atoms with Crippen LogP contribution < -0.4 is 0 Å². The van der Waals surface area contributed by atoms with E-state index in [0.717, 1.165) is 0 Å². The van der Waals surface area contributed by atoms with Crippen LogP contribution in [0.5, 0.6) is 0 Å². The van der Waals surface area contributed by atoms with E-state index >= 15 is 0 Å². The van der Waals surface area contributed by atoms with Gasteiger partial charge in [-0.3, -0.25) is 19.4 Å². The highest BCUT2D eigenvalue weighted by Gasteiger charge is 2.49. The van der Waals surface area contributed by atoms with E-state index in [4.69, 9.17) is 0 Å². The summed E-state index contributed by atoms with van der Waals surface area (Å²) in [6.45, 7) is 0.667. The van der Waals surface area contributed by atoms with Gasteiger partial charge in [-0.2, -0.15) is 13.2 Å². The molecule has 0 bridgehead atoms. The van der Waals surface area contributed by atoms with Crippen molar-refractivity contribution in [2.45, 2.75) is 57.2 Å². The molecule has 0 aromatic rings. The summed E-state index contributed by atoms with van der Waals surface area (Å²) in [6.07, 6.45) is -4.94. The van der Waals surface area contributed by atoms with Crippen molar-refractivity contribution >= 4 is 11.9 Å². The fourth-order valence-corrected chi connectivity index (χ4v) is 3.47. The van der Waals surface area contributed by atoms with Crippen LogP contribution in [-0.4, -0.2) is 60.5 Å². The summed E-state index contributed by atoms with van der Waals surface area (Å²) in [7, 11) is 1.25. The van der Waals surface area contributed by atoms with E-state index in [-0.39, 0.29) is 25.7 Å². The van der Waals surface area contributed by atoms with Gasteiger partial charge in [0.15, 0.2) is 0 Å². The van der Waals surface area contributed by atoms with Crippen LogP contribution in [0.15, 0.2) is 0 Å². The van der Waals surface area contributed by atoms with Crippen molar-refractivity contribution in [2.24, 2.45) is 5.92 Å². The summed E-state index contributed by atoms with van der Waals surface area (Å²) in [5, 5.41) is 0. The maximum atomic E-state index is 14.7. The molecule has 9 heteroatoms. The zero-order chi connectivity index (χ0) is 17.9. The maximum absolute atomic E-state index is 14.7. The first-order valence-electron chi connectivity index (χ1n) is 8.11. The van der Waals surface area contributed by atoms with Gasteiger partial charge in [0.1, 0.15) is 0 Å². The molecule has 1 saturated carbocycles. The number of rotatable bonds is 4. The SMILES string of the molecule is COC(=O)C1CCC(N(C(=O)C(F)(F)F)C(F)N2CCCC2)CC1. The quantitative estimate of drug-likeness (QED) is 0.442. The van der Waals surface area contributed by atoms with Gasteiger partial charge in [0.2, 0.25) is 6.42 Å². The van der Waals surface area contributed by atoms with Gasteiger partial charge >= 0.3 is 18.1 Å². The van der Waals surface area contributed by atoms with Crippen LogP contribution in [0.25, 0.3) is 0 Å². The molecule has 1 unspecified atom stereocenters. The number of methoxy groups -OCH3 is 1. The summed E-state index contributed by atoms with van der Waals surface area (Å²) in [6, 6.07) is -0.865. The third kappa shape index (κ3) is 4.17. The number of amides is 1. The Hall–Kier alpha value is -1.38. The first-order chi connectivity index (χ1) is 11.3. The first kappa shape index (κ1) is 19.0. The lowest BCUT2D eigenvalue weighted by Gasteiger charge is -2.40. The highest BCUT2D eigenvalue weighted by atomic mass is 19.4. The second-order valence-corrected chi connectivity index (χ2v) is 6.29. The Morgan fingerprint density at radius 2 is 1.67 bits per heavy atom. The maximum Gasteiger partial charge on any atom is 0.471 e. The molecule has 0 aromatic carbocycles. The molecule has 0 aromatic heterocycles. The fourth-order valence-electron chi connectivity index (χ4n) is 3.47. The smallest absolute Gasteiger partial charge is 0.469 e. The van der Waals surface area contributed by atoms with Crippen molar-refractivity contribution in [3.63, 3.8) is 0 Å². The standard InChI is InChI=1S/C15H22F4N2O3/c1-24-12(22)10-4-6-11(7-5-10)21(13(23)15(17,18)19)14(16)20-8-2-3-9-20/h10-11,14H,2-9H2,1H3. The molecule has 0 spiro atoms. The number of likely N-dealkylation sites (tertiary alicyclic amines) is 1. The number of alkyl halides is 4. The molecule has 1 saturated heterocycles. The van der Waals surface area contributed by atoms with Crippen LogP contribution in [0.1, 0.15) is 38.5 Å². The van der Waals surface area contributed by atoms with E-state index < -0.39 is 36.4 Å². The van der Waals surface area contributed by atoms with Crippen molar-refractivity contribution in [3.8, 4) is 0 Å². The van der Waals surface area contributed by atoms with Gasteiger partial charge in [0.05, 0.1) is 13.0 Å². The van der Waals surface area contributed by atoms with Gasteiger partial charge in [-0.1, -0.05) is 0 Å². The lowest BCUT2D eigenvalue weighted by atomic mass is 9.85. The van der Waals surface area contributed by atoms with Crippen molar-refractivity contribution in [1.82, 2.24) is 9.80 Å². The number of carbonyl (C=O) groups excluding carboxylic acids is 2. The Morgan fingerprint density at radius 3 is 2.12 bits per heavy atom. The third-order valence-electron chi connectivity index (χ3n) is 4.77. The Balaban J connectivity index is 2.11. The molecular formula is C15H22F4N2O3. The molecule has 2 rings (SSSR count). The number of ether oxygens (including phenoxy) is 1. The monoisotopic (exact) mass is 354 g/mol. The van der Waals surface area contributed by atoms with Gasteiger partial charge in [-0.15, -0.1) is 0 Å². The molecule has 0 N–H and O–H groups in total. The van der Waals surface area contributed by atoms with E-state index in [2.05, 4.69) is 4.74 Å². The van der Waals surface area contributed by atoms with Crippen molar-refractivity contribution in [3.05, 3.63) is 0 Å². The molecule has 1 aliphatic heterocycles. The van der Waals surface area contributed by atoms with Crippen LogP contribution in [0.3, 0.4) is 0 Å². The van der Waals surface area contributed by atoms with E-state index in [1.54, 1.807) is 0 Å². The zero-order valence-electron chi connectivity index (χ0n) is 13.5. The van der Waals surface area contributed by atoms with Crippen LogP contribution in [-0.2, 0) is 14.3 Å².